The average Bonchev–Trinajstić information content (AvgIpc) is 3.25. The summed E-state index contributed by atoms with van der Waals surface area (Å²) in [6, 6.07) is 0. The highest BCUT2D eigenvalue weighted by Gasteiger charge is 2.38. The molecule has 128 valence electrons. The summed E-state index contributed by atoms with van der Waals surface area (Å²) in [5.74, 6) is 2.11. The van der Waals surface area contributed by atoms with Crippen molar-refractivity contribution in [2.75, 3.05) is 13.7 Å². The number of nitrogens with zero attached hydrogens (tertiary/aromatic N) is 2. The molecule has 0 radical (unpaired) electrons. The molecule has 2 rings (SSSR count). The lowest BCUT2D eigenvalue weighted by atomic mass is 10.0. The highest BCUT2D eigenvalue weighted by atomic mass is 16.5. The molecule has 0 aromatic carbocycles. The Labute approximate surface area is 141 Å². The van der Waals surface area contributed by atoms with E-state index in [0.717, 1.165) is 17.7 Å². The minimum absolute atomic E-state index is 0.0718. The highest BCUT2D eigenvalue weighted by molar-refractivity contribution is 5.92. The van der Waals surface area contributed by atoms with Crippen LogP contribution in [0.5, 0.6) is 0 Å². The predicted molar refractivity (Wildman–Crippen MR) is 88.5 cm³/mol. The number of rotatable bonds is 9. The number of amides is 1. The molecule has 0 spiro atoms. The smallest absolute Gasteiger partial charge is 0.339 e. The van der Waals surface area contributed by atoms with Gasteiger partial charge in [0.05, 0.1) is 12.7 Å². The van der Waals surface area contributed by atoms with Gasteiger partial charge in [0.1, 0.15) is 0 Å². The van der Waals surface area contributed by atoms with Crippen LogP contribution >= 0.6 is 0 Å². The van der Waals surface area contributed by atoms with Crippen molar-refractivity contribution in [1.29, 1.82) is 0 Å². The summed E-state index contributed by atoms with van der Waals surface area (Å²) >= 11 is 0. The lowest BCUT2D eigenvalue weighted by Crippen LogP contribution is -2.28. The summed E-state index contributed by atoms with van der Waals surface area (Å²) in [5, 5.41) is 10.9. The normalized spacial score (nSPS) is 14.0. The number of hydrogen-bond donors (Lipinski definition) is 2. The molecule has 24 heavy (non-hydrogen) atoms. The Morgan fingerprint density at radius 2 is 2.17 bits per heavy atom. The van der Waals surface area contributed by atoms with Crippen molar-refractivity contribution in [1.82, 2.24) is 10.3 Å². The van der Waals surface area contributed by atoms with Gasteiger partial charge in [-0.25, -0.2) is 4.79 Å². The molecule has 0 aliphatic carbocycles. The number of methoxy groups -OCH3 is 1. The van der Waals surface area contributed by atoms with E-state index < -0.39 is 5.97 Å². The van der Waals surface area contributed by atoms with Gasteiger partial charge in [-0.15, -0.1) is 12.3 Å². The fourth-order valence-corrected chi connectivity index (χ4v) is 2.57. The van der Waals surface area contributed by atoms with E-state index in [2.05, 4.69) is 26.4 Å². The zero-order valence-corrected chi connectivity index (χ0v) is 14.0. The standard InChI is InChI=1S/C17H22N4O3/c1-4-5-8-17(20-21-17)9-10-18-14(22)7-6-13-11-19-12(2)15(13)16(23)24-3/h1,11,19H,5-10H2,2-3H3,(H,18,22). The number of H-pyrrole nitrogens is 1. The van der Waals surface area contributed by atoms with Crippen LogP contribution in [-0.2, 0) is 16.0 Å². The first-order chi connectivity index (χ1) is 11.5. The van der Waals surface area contributed by atoms with Gasteiger partial charge in [-0.2, -0.15) is 10.2 Å². The van der Waals surface area contributed by atoms with Crippen molar-refractivity contribution in [2.45, 2.75) is 44.7 Å². The molecule has 7 nitrogen and oxygen atoms in total. The van der Waals surface area contributed by atoms with Crippen molar-refractivity contribution in [3.63, 3.8) is 0 Å². The predicted octanol–water partition coefficient (Wildman–Crippen LogP) is 2.12. The van der Waals surface area contributed by atoms with E-state index >= 15 is 0 Å². The van der Waals surface area contributed by atoms with Crippen molar-refractivity contribution in [3.05, 3.63) is 23.0 Å². The number of esters is 1. The minimum Gasteiger partial charge on any atom is -0.465 e. The third-order valence-electron chi connectivity index (χ3n) is 4.07. The summed E-state index contributed by atoms with van der Waals surface area (Å²) in [5.41, 5.74) is 1.65. The van der Waals surface area contributed by atoms with Crippen molar-refractivity contribution in [3.8, 4) is 12.3 Å². The second kappa shape index (κ2) is 7.77. The number of ether oxygens (including phenoxy) is 1. The van der Waals surface area contributed by atoms with Gasteiger partial charge >= 0.3 is 5.97 Å². The van der Waals surface area contributed by atoms with E-state index in [-0.39, 0.29) is 11.6 Å². The summed E-state index contributed by atoms with van der Waals surface area (Å²) in [4.78, 5) is 26.7. The first-order valence-corrected chi connectivity index (χ1v) is 7.91. The summed E-state index contributed by atoms with van der Waals surface area (Å²) in [7, 11) is 1.34. The van der Waals surface area contributed by atoms with Gasteiger partial charge in [0.2, 0.25) is 5.91 Å². The number of nitrogens with one attached hydrogen (secondary N) is 2. The van der Waals surface area contributed by atoms with Crippen LogP contribution in [0.15, 0.2) is 16.4 Å². The molecular formula is C17H22N4O3. The van der Waals surface area contributed by atoms with Gasteiger partial charge < -0.3 is 15.0 Å². The van der Waals surface area contributed by atoms with E-state index in [1.807, 2.05) is 0 Å². The second-order valence-corrected chi connectivity index (χ2v) is 5.79. The molecule has 2 N–H and O–H groups in total. The largest absolute Gasteiger partial charge is 0.465 e. The Kier molecular flexibility index (Phi) is 5.74. The van der Waals surface area contributed by atoms with E-state index in [1.54, 1.807) is 13.1 Å². The van der Waals surface area contributed by atoms with E-state index in [0.29, 0.717) is 37.8 Å². The van der Waals surface area contributed by atoms with E-state index in [1.165, 1.54) is 7.11 Å². The second-order valence-electron chi connectivity index (χ2n) is 5.79. The molecule has 7 heteroatoms. The fraction of sp³-hybridized carbons (Fsp3) is 0.529. The quantitative estimate of drug-likeness (QED) is 0.536. The zero-order chi connectivity index (χ0) is 17.6. The van der Waals surface area contributed by atoms with Crippen molar-refractivity contribution >= 4 is 11.9 Å². The Hall–Kier alpha value is -2.62. The molecule has 1 aliphatic rings. The van der Waals surface area contributed by atoms with Crippen LogP contribution in [0.25, 0.3) is 0 Å². The van der Waals surface area contributed by atoms with Crippen LogP contribution in [0.3, 0.4) is 0 Å². The van der Waals surface area contributed by atoms with Gasteiger partial charge in [0.25, 0.3) is 0 Å². The molecule has 1 aromatic rings. The zero-order valence-electron chi connectivity index (χ0n) is 14.0. The lowest BCUT2D eigenvalue weighted by Gasteiger charge is -2.10. The molecule has 0 unspecified atom stereocenters. The number of terminal acetylenes is 1. The number of aromatic amines is 1. The van der Waals surface area contributed by atoms with Gasteiger partial charge in [-0.1, -0.05) is 0 Å². The fourth-order valence-electron chi connectivity index (χ4n) is 2.57. The minimum atomic E-state index is -0.392. The number of carbonyl (C=O) groups excluding carboxylic acids is 2. The number of carbonyl (C=O) groups is 2. The molecule has 1 amide bonds. The van der Waals surface area contributed by atoms with Crippen LogP contribution in [0.4, 0.5) is 0 Å². The topological polar surface area (TPSA) is 95.9 Å². The Morgan fingerprint density at radius 1 is 1.42 bits per heavy atom. The van der Waals surface area contributed by atoms with Crippen LogP contribution in [0.1, 0.15) is 47.3 Å². The van der Waals surface area contributed by atoms with Gasteiger partial charge in [0.15, 0.2) is 5.66 Å². The monoisotopic (exact) mass is 330 g/mol. The molecule has 0 saturated carbocycles. The van der Waals surface area contributed by atoms with Crippen LogP contribution < -0.4 is 5.32 Å². The Balaban J connectivity index is 1.74. The summed E-state index contributed by atoms with van der Waals surface area (Å²) in [6.07, 6.45) is 9.77. The van der Waals surface area contributed by atoms with E-state index in [9.17, 15) is 9.59 Å². The Morgan fingerprint density at radius 3 is 2.79 bits per heavy atom. The molecule has 0 atom stereocenters. The average molecular weight is 330 g/mol. The number of aryl methyl sites for hydroxylation is 2. The third-order valence-corrected chi connectivity index (χ3v) is 4.07. The maximum absolute atomic E-state index is 12.0. The molecule has 2 heterocycles. The highest BCUT2D eigenvalue weighted by Crippen LogP contribution is 2.36. The van der Waals surface area contributed by atoms with Crippen LogP contribution in [0.2, 0.25) is 0 Å². The summed E-state index contributed by atoms with van der Waals surface area (Å²) in [6.45, 7) is 2.31. The van der Waals surface area contributed by atoms with Gasteiger partial charge in [0, 0.05) is 44.1 Å². The molecular weight excluding hydrogens is 308 g/mol. The molecule has 0 bridgehead atoms. The van der Waals surface area contributed by atoms with Crippen molar-refractivity contribution < 1.29 is 14.3 Å². The lowest BCUT2D eigenvalue weighted by molar-refractivity contribution is -0.121. The van der Waals surface area contributed by atoms with Gasteiger partial charge in [-0.05, 0) is 18.9 Å². The number of hydrogen-bond acceptors (Lipinski definition) is 5. The van der Waals surface area contributed by atoms with Crippen molar-refractivity contribution in [2.24, 2.45) is 10.2 Å². The SMILES string of the molecule is C#CCCC1(CCNC(=O)CCc2c[nH]c(C)c2C(=O)OC)N=N1. The maximum atomic E-state index is 12.0. The van der Waals surface area contributed by atoms with Crippen LogP contribution in [-0.4, -0.2) is 36.2 Å². The maximum Gasteiger partial charge on any atom is 0.339 e. The summed E-state index contributed by atoms with van der Waals surface area (Å²) < 4.78 is 4.77. The molecule has 1 aliphatic heterocycles. The Bertz CT molecular complexity index is 678. The molecule has 1 aromatic heterocycles. The first kappa shape index (κ1) is 17.7. The van der Waals surface area contributed by atoms with Gasteiger partial charge in [-0.3, -0.25) is 4.79 Å². The van der Waals surface area contributed by atoms with E-state index in [4.69, 9.17) is 11.2 Å². The third kappa shape index (κ3) is 4.44. The molecule has 0 saturated heterocycles. The number of aromatic nitrogens is 1. The molecule has 0 fully saturated rings. The first-order valence-electron chi connectivity index (χ1n) is 7.91. The van der Waals surface area contributed by atoms with Crippen LogP contribution in [0, 0.1) is 19.3 Å².